The van der Waals surface area contributed by atoms with Gasteiger partial charge in [-0.2, -0.15) is 0 Å². The molecule has 0 bridgehead atoms. The van der Waals surface area contributed by atoms with Crippen LogP contribution in [-0.4, -0.2) is 30.1 Å². The van der Waals surface area contributed by atoms with Crippen LogP contribution in [0.15, 0.2) is 30.3 Å². The molecule has 0 heterocycles. The van der Waals surface area contributed by atoms with Gasteiger partial charge in [0.15, 0.2) is 0 Å². The van der Waals surface area contributed by atoms with Gasteiger partial charge in [-0.15, -0.1) is 0 Å². The lowest BCUT2D eigenvalue weighted by molar-refractivity contribution is -0.123. The number of carbonyl (C=O) groups excluding carboxylic acids is 1. The molecule has 1 aromatic carbocycles. The van der Waals surface area contributed by atoms with Crippen molar-refractivity contribution in [3.8, 4) is 0 Å². The first kappa shape index (κ1) is 34.6. The van der Waals surface area contributed by atoms with Gasteiger partial charge in [-0.25, -0.2) is 0 Å². The van der Waals surface area contributed by atoms with E-state index in [2.05, 4.69) is 37.9 Å². The summed E-state index contributed by atoms with van der Waals surface area (Å²) in [4.78, 5) is 14.5. The van der Waals surface area contributed by atoms with E-state index < -0.39 is 0 Å². The number of hydrogen-bond donors (Lipinski definition) is 2. The highest BCUT2D eigenvalue weighted by molar-refractivity contribution is 5.76. The monoisotopic (exact) mass is 503 g/mol. The first-order valence-electron chi connectivity index (χ1n) is 15.4. The normalized spacial score (nSPS) is 11.7. The molecule has 0 spiro atoms. The van der Waals surface area contributed by atoms with Gasteiger partial charge in [0.05, 0.1) is 6.17 Å². The second-order valence-corrected chi connectivity index (χ2v) is 10.1. The summed E-state index contributed by atoms with van der Waals surface area (Å²) in [6.45, 7) is 11.4. The molecule has 1 aromatic rings. The summed E-state index contributed by atoms with van der Waals surface area (Å²) in [6, 6.07) is 9.99. The molecule has 0 fully saturated rings. The van der Waals surface area contributed by atoms with Crippen LogP contribution in [0.3, 0.4) is 0 Å². The van der Waals surface area contributed by atoms with Gasteiger partial charge in [0.1, 0.15) is 0 Å². The Morgan fingerprint density at radius 2 is 1.17 bits per heavy atom. The predicted octanol–water partition coefficient (Wildman–Crippen LogP) is 8.59. The highest BCUT2D eigenvalue weighted by Gasteiger charge is 2.15. The van der Waals surface area contributed by atoms with Crippen molar-refractivity contribution in [2.75, 3.05) is 13.1 Å². The van der Waals surface area contributed by atoms with E-state index in [4.69, 9.17) is 5.73 Å². The summed E-state index contributed by atoms with van der Waals surface area (Å²) in [7, 11) is 0. The van der Waals surface area contributed by atoms with E-state index in [-0.39, 0.29) is 12.1 Å². The molecule has 36 heavy (non-hydrogen) atoms. The van der Waals surface area contributed by atoms with Crippen LogP contribution in [0.5, 0.6) is 0 Å². The summed E-state index contributed by atoms with van der Waals surface area (Å²) in [5.41, 5.74) is 6.54. The number of nitrogens with one attached hydrogen (secondary N) is 1. The maximum atomic E-state index is 12.1. The Balaban J connectivity index is 0.00000128. The second-order valence-electron chi connectivity index (χ2n) is 10.1. The van der Waals surface area contributed by atoms with Gasteiger partial charge >= 0.3 is 0 Å². The second kappa shape index (κ2) is 26.7. The quantitative estimate of drug-likeness (QED) is 0.123. The first-order chi connectivity index (χ1) is 17.6. The Hall–Kier alpha value is -1.39. The Kier molecular flexibility index (Phi) is 25.6. The van der Waals surface area contributed by atoms with Crippen LogP contribution in [0.25, 0.3) is 0 Å². The first-order valence-corrected chi connectivity index (χ1v) is 15.4. The fraction of sp³-hybridized carbons (Fsp3) is 0.781. The Labute approximate surface area is 225 Å². The zero-order chi connectivity index (χ0) is 26.7. The predicted molar refractivity (Wildman–Crippen MR) is 159 cm³/mol. The minimum absolute atomic E-state index is 0.207. The number of benzene rings is 1. The minimum atomic E-state index is 0.207. The van der Waals surface area contributed by atoms with Crippen LogP contribution in [0.4, 0.5) is 0 Å². The molecular weight excluding hydrogens is 442 g/mol. The van der Waals surface area contributed by atoms with Crippen LogP contribution in [0.1, 0.15) is 142 Å². The topological polar surface area (TPSA) is 58.4 Å². The summed E-state index contributed by atoms with van der Waals surface area (Å²) in [5.74, 6) is 0.230. The molecule has 4 nitrogen and oxygen atoms in total. The van der Waals surface area contributed by atoms with Gasteiger partial charge in [-0.05, 0) is 31.5 Å². The zero-order valence-electron chi connectivity index (χ0n) is 24.5. The summed E-state index contributed by atoms with van der Waals surface area (Å²) < 4.78 is 0. The summed E-state index contributed by atoms with van der Waals surface area (Å²) >= 11 is 0. The molecule has 0 saturated heterocycles. The van der Waals surface area contributed by atoms with Crippen LogP contribution < -0.4 is 11.1 Å². The average molecular weight is 504 g/mol. The number of carbonyl (C=O) groups is 1. The van der Waals surface area contributed by atoms with Crippen molar-refractivity contribution in [2.45, 2.75) is 150 Å². The van der Waals surface area contributed by atoms with Gasteiger partial charge in [-0.3, -0.25) is 9.69 Å². The van der Waals surface area contributed by atoms with Crippen molar-refractivity contribution in [2.24, 2.45) is 5.73 Å². The lowest BCUT2D eigenvalue weighted by Gasteiger charge is -2.29. The van der Waals surface area contributed by atoms with Crippen molar-refractivity contribution < 1.29 is 4.79 Å². The molecule has 1 rings (SSSR count). The fourth-order valence-corrected chi connectivity index (χ4v) is 4.64. The molecule has 1 atom stereocenters. The minimum Gasteiger partial charge on any atom is -0.341 e. The maximum Gasteiger partial charge on any atom is 0.221 e. The van der Waals surface area contributed by atoms with Gasteiger partial charge in [0, 0.05) is 13.0 Å². The van der Waals surface area contributed by atoms with E-state index in [0.29, 0.717) is 13.0 Å². The van der Waals surface area contributed by atoms with Crippen LogP contribution in [-0.2, 0) is 11.3 Å². The van der Waals surface area contributed by atoms with Crippen molar-refractivity contribution in [1.82, 2.24) is 10.2 Å². The van der Waals surface area contributed by atoms with Crippen molar-refractivity contribution in [1.29, 1.82) is 0 Å². The van der Waals surface area contributed by atoms with Gasteiger partial charge in [-0.1, -0.05) is 148 Å². The van der Waals surface area contributed by atoms with Gasteiger partial charge in [0.25, 0.3) is 0 Å². The third-order valence-electron chi connectivity index (χ3n) is 7.05. The molecule has 3 N–H and O–H groups in total. The third-order valence-corrected chi connectivity index (χ3v) is 7.05. The highest BCUT2D eigenvalue weighted by Crippen LogP contribution is 2.14. The van der Waals surface area contributed by atoms with E-state index >= 15 is 0 Å². The summed E-state index contributed by atoms with van der Waals surface area (Å²) in [6.07, 6.45) is 22.4. The number of hydrogen-bond acceptors (Lipinski definition) is 3. The lowest BCUT2D eigenvalue weighted by atomic mass is 10.0. The molecule has 0 aromatic heterocycles. The molecule has 0 aliphatic heterocycles. The van der Waals surface area contributed by atoms with Gasteiger partial charge < -0.3 is 11.1 Å². The number of rotatable bonds is 22. The Bertz CT molecular complexity index is 574. The van der Waals surface area contributed by atoms with E-state index in [9.17, 15) is 4.79 Å². The highest BCUT2D eigenvalue weighted by atomic mass is 16.1. The number of nitrogens with zero attached hydrogens (tertiary/aromatic N) is 1. The number of amides is 1. The molecule has 0 aliphatic rings. The standard InChI is InChI=1S/C25H52N2O.C7H9N/c1-5-9-10-11-12-13-14-15-16-17-18-19-20-21-22-23-25(28)26-24(6-2)27(7-3)8-4;8-6-7-4-2-1-3-5-7/h24H,5-23H2,1-4H3,(H,26,28);1-5H,6,8H2. The lowest BCUT2D eigenvalue weighted by Crippen LogP contribution is -2.47. The molecule has 0 radical (unpaired) electrons. The molecule has 1 amide bonds. The van der Waals surface area contributed by atoms with Crippen molar-refractivity contribution in [3.63, 3.8) is 0 Å². The van der Waals surface area contributed by atoms with E-state index in [0.717, 1.165) is 25.9 Å². The Morgan fingerprint density at radius 1 is 0.722 bits per heavy atom. The largest absolute Gasteiger partial charge is 0.341 e. The van der Waals surface area contributed by atoms with Crippen LogP contribution in [0, 0.1) is 0 Å². The number of unbranched alkanes of at least 4 members (excludes halogenated alkanes) is 14. The molecule has 1 unspecified atom stereocenters. The smallest absolute Gasteiger partial charge is 0.221 e. The van der Waals surface area contributed by atoms with Crippen LogP contribution >= 0.6 is 0 Å². The summed E-state index contributed by atoms with van der Waals surface area (Å²) in [5, 5.41) is 3.21. The molecule has 0 saturated carbocycles. The van der Waals surface area contributed by atoms with Gasteiger partial charge in [0.2, 0.25) is 5.91 Å². The number of nitrogens with two attached hydrogens (primary N) is 1. The van der Waals surface area contributed by atoms with E-state index in [1.807, 2.05) is 30.3 Å². The molecule has 210 valence electrons. The average Bonchev–Trinajstić information content (AvgIpc) is 2.91. The van der Waals surface area contributed by atoms with Crippen LogP contribution in [0.2, 0.25) is 0 Å². The van der Waals surface area contributed by atoms with E-state index in [1.165, 1.54) is 95.5 Å². The SMILES string of the molecule is CCCCCCCCCCCCCCCCCC(=O)NC(CC)N(CC)CC.NCc1ccccc1. The van der Waals surface area contributed by atoms with Crippen molar-refractivity contribution in [3.05, 3.63) is 35.9 Å². The Morgan fingerprint density at radius 3 is 1.53 bits per heavy atom. The van der Waals surface area contributed by atoms with Crippen molar-refractivity contribution >= 4 is 5.91 Å². The molecular formula is C32H61N3O. The van der Waals surface area contributed by atoms with E-state index in [1.54, 1.807) is 0 Å². The molecule has 4 heteroatoms. The molecule has 0 aliphatic carbocycles. The third kappa shape index (κ3) is 20.8. The zero-order valence-corrected chi connectivity index (χ0v) is 24.5. The maximum absolute atomic E-state index is 12.1. The fourth-order valence-electron chi connectivity index (χ4n) is 4.64.